The van der Waals surface area contributed by atoms with Gasteiger partial charge in [0.2, 0.25) is 0 Å². The number of fused-ring (bicyclic) bond motifs is 2. The highest BCUT2D eigenvalue weighted by Crippen LogP contribution is 2.41. The molecule has 1 aromatic rings. The SMILES string of the molecule is CO/N=C(\C1=NC(C(=O)O)C2SCC3=C(C(=O)OC3)N12)c1ccco1. The Hall–Kier alpha value is -2.75. The molecule has 0 aromatic carbocycles. The number of carboxylic acids is 1. The lowest BCUT2D eigenvalue weighted by atomic mass is 10.2. The van der Waals surface area contributed by atoms with Crippen molar-refractivity contribution < 1.29 is 28.7 Å². The number of carboxylic acid groups (broad SMARTS) is 1. The van der Waals surface area contributed by atoms with Gasteiger partial charge in [0.05, 0.1) is 6.26 Å². The highest BCUT2D eigenvalue weighted by molar-refractivity contribution is 8.00. The van der Waals surface area contributed by atoms with E-state index in [0.29, 0.717) is 17.2 Å². The predicted octanol–water partition coefficient (Wildman–Crippen LogP) is 0.681. The topological polar surface area (TPSA) is 114 Å². The van der Waals surface area contributed by atoms with Crippen LogP contribution in [-0.2, 0) is 19.2 Å². The van der Waals surface area contributed by atoms with Gasteiger partial charge >= 0.3 is 11.9 Å². The lowest BCUT2D eigenvalue weighted by molar-refractivity contribution is -0.140. The van der Waals surface area contributed by atoms with Gasteiger partial charge in [0.1, 0.15) is 24.8 Å². The van der Waals surface area contributed by atoms with E-state index in [1.165, 1.54) is 25.1 Å². The summed E-state index contributed by atoms with van der Waals surface area (Å²) >= 11 is 1.40. The standard InChI is InChI=1S/C15H13N3O6S/c1-22-17-9(8-3-2-4-23-8)12-16-10(14(19)20)13-18(12)11-7(6-25-13)5-24-15(11)21/h2-4,10,13H,5-6H2,1H3,(H,19,20)/b17-9-. The van der Waals surface area contributed by atoms with Crippen LogP contribution >= 0.6 is 11.8 Å². The lowest BCUT2D eigenvalue weighted by Gasteiger charge is -2.32. The molecule has 2 atom stereocenters. The Balaban J connectivity index is 1.85. The van der Waals surface area contributed by atoms with Crippen molar-refractivity contribution in [2.45, 2.75) is 11.4 Å². The molecular formula is C15H13N3O6S. The van der Waals surface area contributed by atoms with Gasteiger partial charge in [-0.2, -0.15) is 0 Å². The molecule has 0 saturated heterocycles. The number of ether oxygens (including phenoxy) is 1. The fourth-order valence-corrected chi connectivity index (χ4v) is 4.28. The zero-order valence-corrected chi connectivity index (χ0v) is 13.9. The fraction of sp³-hybridized carbons (Fsp3) is 0.333. The molecule has 4 heterocycles. The number of nitrogens with zero attached hydrogens (tertiary/aromatic N) is 3. The third-order valence-corrected chi connectivity index (χ3v) is 5.32. The highest BCUT2D eigenvalue weighted by atomic mass is 32.2. The Bertz CT molecular complexity index is 828. The molecule has 1 aromatic heterocycles. The van der Waals surface area contributed by atoms with E-state index >= 15 is 0 Å². The number of aliphatic carboxylic acids is 1. The van der Waals surface area contributed by atoms with Crippen molar-refractivity contribution in [1.82, 2.24) is 4.90 Å². The number of hydrogen-bond acceptors (Lipinski definition) is 9. The predicted molar refractivity (Wildman–Crippen MR) is 87.2 cm³/mol. The molecule has 10 heteroatoms. The minimum absolute atomic E-state index is 0.201. The summed E-state index contributed by atoms with van der Waals surface area (Å²) < 4.78 is 10.5. The van der Waals surface area contributed by atoms with Gasteiger partial charge in [-0.3, -0.25) is 0 Å². The van der Waals surface area contributed by atoms with Crippen LogP contribution in [0.25, 0.3) is 0 Å². The van der Waals surface area contributed by atoms with Crippen LogP contribution in [0.15, 0.2) is 44.2 Å². The maximum Gasteiger partial charge on any atom is 0.355 e. The largest absolute Gasteiger partial charge is 0.480 e. The molecule has 3 aliphatic heterocycles. The number of carbonyl (C=O) groups excluding carboxylic acids is 1. The molecule has 9 nitrogen and oxygen atoms in total. The second kappa shape index (κ2) is 5.96. The lowest BCUT2D eigenvalue weighted by Crippen LogP contribution is -2.45. The summed E-state index contributed by atoms with van der Waals surface area (Å²) in [5.74, 6) is -0.478. The van der Waals surface area contributed by atoms with Crippen molar-refractivity contribution in [2.75, 3.05) is 19.5 Å². The molecule has 3 aliphatic rings. The number of furan rings is 1. The van der Waals surface area contributed by atoms with Crippen molar-refractivity contribution in [1.29, 1.82) is 0 Å². The number of thioether (sulfide) groups is 1. The molecule has 0 amide bonds. The van der Waals surface area contributed by atoms with Gasteiger partial charge in [-0.15, -0.1) is 11.8 Å². The molecule has 1 N–H and O–H groups in total. The van der Waals surface area contributed by atoms with Crippen LogP contribution in [0.5, 0.6) is 0 Å². The second-order valence-corrected chi connectivity index (χ2v) is 6.54. The van der Waals surface area contributed by atoms with Gasteiger partial charge in [-0.25, -0.2) is 14.6 Å². The maximum absolute atomic E-state index is 12.2. The molecule has 2 unspecified atom stereocenters. The summed E-state index contributed by atoms with van der Waals surface area (Å²) in [5.41, 5.74) is 1.36. The van der Waals surface area contributed by atoms with Gasteiger partial charge < -0.3 is 24.0 Å². The molecule has 4 rings (SSSR count). The zero-order chi connectivity index (χ0) is 17.6. The minimum Gasteiger partial charge on any atom is -0.480 e. The van der Waals surface area contributed by atoms with Gasteiger partial charge in [0.15, 0.2) is 23.3 Å². The van der Waals surface area contributed by atoms with Crippen molar-refractivity contribution in [2.24, 2.45) is 10.1 Å². The summed E-state index contributed by atoms with van der Waals surface area (Å²) in [6.07, 6.45) is 1.46. The molecule has 25 heavy (non-hydrogen) atoms. The molecule has 0 aliphatic carbocycles. The molecule has 130 valence electrons. The first-order valence-electron chi connectivity index (χ1n) is 7.37. The number of cyclic esters (lactones) is 1. The number of rotatable bonds is 4. The molecule has 0 radical (unpaired) electrons. The third kappa shape index (κ3) is 2.40. The van der Waals surface area contributed by atoms with Gasteiger partial charge in [-0.1, -0.05) is 5.16 Å². The normalized spacial score (nSPS) is 25.5. The third-order valence-electron chi connectivity index (χ3n) is 3.99. The monoisotopic (exact) mass is 363 g/mol. The average molecular weight is 363 g/mol. The van der Waals surface area contributed by atoms with E-state index in [2.05, 4.69) is 10.1 Å². The minimum atomic E-state index is -1.08. The number of amidine groups is 1. The number of hydrogen-bond donors (Lipinski definition) is 1. The Labute approximate surface area is 146 Å². The number of esters is 1. The van der Waals surface area contributed by atoms with Crippen molar-refractivity contribution in [3.63, 3.8) is 0 Å². The van der Waals surface area contributed by atoms with Crippen LogP contribution in [0.2, 0.25) is 0 Å². The Morgan fingerprint density at radius 3 is 3.08 bits per heavy atom. The summed E-state index contributed by atoms with van der Waals surface area (Å²) in [6.45, 7) is 0.201. The summed E-state index contributed by atoms with van der Waals surface area (Å²) in [4.78, 5) is 34.7. The van der Waals surface area contributed by atoms with Crippen LogP contribution in [0, 0.1) is 0 Å². The van der Waals surface area contributed by atoms with Crippen molar-refractivity contribution in [3.05, 3.63) is 35.4 Å². The smallest absolute Gasteiger partial charge is 0.355 e. The average Bonchev–Trinajstić information content (AvgIpc) is 3.31. The van der Waals surface area contributed by atoms with Crippen LogP contribution in [0.3, 0.4) is 0 Å². The van der Waals surface area contributed by atoms with E-state index in [4.69, 9.17) is 14.0 Å². The van der Waals surface area contributed by atoms with Crippen molar-refractivity contribution in [3.8, 4) is 0 Å². The number of carbonyl (C=O) groups is 2. The van der Waals surface area contributed by atoms with Crippen LogP contribution in [0.1, 0.15) is 5.76 Å². The summed E-state index contributed by atoms with van der Waals surface area (Å²) in [7, 11) is 1.37. The molecular weight excluding hydrogens is 350 g/mol. The second-order valence-electron chi connectivity index (χ2n) is 5.44. The zero-order valence-electron chi connectivity index (χ0n) is 13.0. The summed E-state index contributed by atoms with van der Waals surface area (Å²) in [6, 6.07) is 2.28. The van der Waals surface area contributed by atoms with E-state index < -0.39 is 23.4 Å². The van der Waals surface area contributed by atoms with E-state index in [1.807, 2.05) is 0 Å². The first-order valence-corrected chi connectivity index (χ1v) is 8.42. The highest BCUT2D eigenvalue weighted by Gasteiger charge is 2.50. The first kappa shape index (κ1) is 15.8. The first-order chi connectivity index (χ1) is 12.1. The Morgan fingerprint density at radius 2 is 2.40 bits per heavy atom. The molecule has 0 spiro atoms. The number of aliphatic imine (C=N–C) groups is 1. The van der Waals surface area contributed by atoms with Crippen LogP contribution in [-0.4, -0.2) is 64.4 Å². The van der Waals surface area contributed by atoms with Gasteiger partial charge in [0, 0.05) is 11.3 Å². The van der Waals surface area contributed by atoms with Crippen LogP contribution < -0.4 is 0 Å². The molecule has 0 saturated carbocycles. The van der Waals surface area contributed by atoms with Gasteiger partial charge in [0.25, 0.3) is 0 Å². The molecule has 0 bridgehead atoms. The van der Waals surface area contributed by atoms with E-state index in [1.54, 1.807) is 17.0 Å². The van der Waals surface area contributed by atoms with Crippen molar-refractivity contribution >= 4 is 35.2 Å². The van der Waals surface area contributed by atoms with E-state index in [-0.39, 0.29) is 18.2 Å². The maximum atomic E-state index is 12.2. The summed E-state index contributed by atoms with van der Waals surface area (Å²) in [5, 5.41) is 12.9. The van der Waals surface area contributed by atoms with E-state index in [9.17, 15) is 14.7 Å². The van der Waals surface area contributed by atoms with Crippen LogP contribution in [0.4, 0.5) is 0 Å². The Morgan fingerprint density at radius 1 is 1.56 bits per heavy atom. The van der Waals surface area contributed by atoms with Gasteiger partial charge in [-0.05, 0) is 12.1 Å². The molecule has 0 fully saturated rings. The Kier molecular flexibility index (Phi) is 3.75. The quantitative estimate of drug-likeness (QED) is 0.472. The number of oxime groups is 1. The van der Waals surface area contributed by atoms with E-state index in [0.717, 1.165) is 5.57 Å². The fourth-order valence-electron chi connectivity index (χ4n) is 2.97.